The van der Waals surface area contributed by atoms with E-state index in [1.54, 1.807) is 20.9 Å². The van der Waals surface area contributed by atoms with Gasteiger partial charge < -0.3 is 9.64 Å². The Labute approximate surface area is 123 Å². The van der Waals surface area contributed by atoms with Gasteiger partial charge in [-0.2, -0.15) is 5.10 Å². The van der Waals surface area contributed by atoms with Crippen LogP contribution in [0.25, 0.3) is 0 Å². The highest BCUT2D eigenvalue weighted by molar-refractivity contribution is 7.89. The Balaban J connectivity index is 2.41. The number of aromatic nitrogens is 2. The molecule has 9 heteroatoms. The second-order valence-corrected chi connectivity index (χ2v) is 6.95. The van der Waals surface area contributed by atoms with E-state index >= 15 is 0 Å². The van der Waals surface area contributed by atoms with E-state index < -0.39 is 15.9 Å². The first kappa shape index (κ1) is 15.9. The van der Waals surface area contributed by atoms with Gasteiger partial charge >= 0.3 is 0 Å². The second kappa shape index (κ2) is 5.74. The summed E-state index contributed by atoms with van der Waals surface area (Å²) in [5.41, 5.74) is 0.188. The highest BCUT2D eigenvalue weighted by Gasteiger charge is 2.33. The van der Waals surface area contributed by atoms with Crippen molar-refractivity contribution in [2.45, 2.75) is 37.1 Å². The molecule has 1 aromatic heterocycles. The molecule has 0 radical (unpaired) electrons. The summed E-state index contributed by atoms with van der Waals surface area (Å²) in [5.74, 6) is -0.620. The molecule has 1 aliphatic rings. The van der Waals surface area contributed by atoms with Gasteiger partial charge in [-0.15, -0.1) is 0 Å². The van der Waals surface area contributed by atoms with Crippen LogP contribution in [0.5, 0.6) is 0 Å². The first-order valence-electron chi connectivity index (χ1n) is 6.69. The number of nitrogens with two attached hydrogens (primary N) is 1. The molecule has 0 saturated carbocycles. The van der Waals surface area contributed by atoms with Crippen LogP contribution in [0.1, 0.15) is 42.4 Å². The fourth-order valence-electron chi connectivity index (χ4n) is 2.33. The molecule has 0 spiro atoms. The van der Waals surface area contributed by atoms with Crippen molar-refractivity contribution >= 4 is 15.9 Å². The fraction of sp³-hybridized carbons (Fsp3) is 0.667. The molecule has 1 saturated heterocycles. The number of likely N-dealkylation sites (N-methyl/N-ethyl adjacent to an activating group) is 1. The number of nitrogens with one attached hydrogen (secondary N) is 1. The molecule has 1 atom stereocenters. The van der Waals surface area contributed by atoms with Crippen LogP contribution in [-0.4, -0.2) is 55.7 Å². The van der Waals surface area contributed by atoms with Crippen molar-refractivity contribution in [2.75, 3.05) is 20.3 Å². The van der Waals surface area contributed by atoms with Crippen LogP contribution in [0.2, 0.25) is 0 Å². The highest BCUT2D eigenvalue weighted by Crippen LogP contribution is 2.25. The van der Waals surface area contributed by atoms with Gasteiger partial charge in [0.05, 0.1) is 18.3 Å². The van der Waals surface area contributed by atoms with E-state index in [1.807, 2.05) is 0 Å². The summed E-state index contributed by atoms with van der Waals surface area (Å²) in [6.45, 7) is 4.62. The summed E-state index contributed by atoms with van der Waals surface area (Å²) in [4.78, 5) is 13.7. The number of sulfonamides is 1. The topological polar surface area (TPSA) is 118 Å². The van der Waals surface area contributed by atoms with Gasteiger partial charge in [0.1, 0.15) is 4.90 Å². The predicted octanol–water partition coefficient (Wildman–Crippen LogP) is 0.0414. The summed E-state index contributed by atoms with van der Waals surface area (Å²) in [5, 5.41) is 11.7. The zero-order valence-electron chi connectivity index (χ0n) is 12.3. The predicted molar refractivity (Wildman–Crippen MR) is 75.4 cm³/mol. The fourth-order valence-corrected chi connectivity index (χ4v) is 3.32. The molecule has 1 fully saturated rings. The Hall–Kier alpha value is -1.45. The number of rotatable bonds is 4. The summed E-state index contributed by atoms with van der Waals surface area (Å²) < 4.78 is 28.9. The van der Waals surface area contributed by atoms with Gasteiger partial charge in [0.15, 0.2) is 5.69 Å². The van der Waals surface area contributed by atoms with Crippen LogP contribution in [0, 0.1) is 0 Å². The maximum Gasteiger partial charge on any atom is 0.275 e. The van der Waals surface area contributed by atoms with Crippen LogP contribution in [0.4, 0.5) is 0 Å². The van der Waals surface area contributed by atoms with Gasteiger partial charge in [-0.1, -0.05) is 13.8 Å². The number of hydrogen-bond acceptors (Lipinski definition) is 5. The minimum atomic E-state index is -4.04. The molecule has 0 aliphatic carbocycles. The lowest BCUT2D eigenvalue weighted by Crippen LogP contribution is -2.38. The monoisotopic (exact) mass is 316 g/mol. The highest BCUT2D eigenvalue weighted by atomic mass is 32.2. The van der Waals surface area contributed by atoms with E-state index in [9.17, 15) is 13.2 Å². The van der Waals surface area contributed by atoms with Gasteiger partial charge in [0.25, 0.3) is 5.91 Å². The smallest absolute Gasteiger partial charge is 0.275 e. The second-order valence-electron chi connectivity index (χ2n) is 5.45. The molecule has 21 heavy (non-hydrogen) atoms. The lowest BCUT2D eigenvalue weighted by molar-refractivity contribution is 0.0701. The SMILES string of the molecule is CC(C)c1[nH]nc(C(=O)N(C)C2CCOC2)c1S(N)(=O)=O. The van der Waals surface area contributed by atoms with E-state index in [1.165, 1.54) is 4.90 Å². The summed E-state index contributed by atoms with van der Waals surface area (Å²) in [6.07, 6.45) is 0.717. The molecule has 1 amide bonds. The third-order valence-corrected chi connectivity index (χ3v) is 4.57. The lowest BCUT2D eigenvalue weighted by Gasteiger charge is -2.22. The lowest BCUT2D eigenvalue weighted by atomic mass is 10.1. The van der Waals surface area contributed by atoms with Crippen LogP contribution < -0.4 is 5.14 Å². The van der Waals surface area contributed by atoms with Crippen molar-refractivity contribution in [3.63, 3.8) is 0 Å². The minimum absolute atomic E-state index is 0.0787. The number of nitrogens with zero attached hydrogens (tertiary/aromatic N) is 2. The number of amides is 1. The number of carbonyl (C=O) groups is 1. The molecular weight excluding hydrogens is 296 g/mol. The molecule has 3 N–H and O–H groups in total. The van der Waals surface area contributed by atoms with Crippen LogP contribution in [-0.2, 0) is 14.8 Å². The maximum atomic E-state index is 12.5. The molecule has 1 unspecified atom stereocenters. The Kier molecular flexibility index (Phi) is 4.35. The van der Waals surface area contributed by atoms with E-state index in [0.717, 1.165) is 0 Å². The summed E-state index contributed by atoms with van der Waals surface area (Å²) >= 11 is 0. The van der Waals surface area contributed by atoms with E-state index in [4.69, 9.17) is 9.88 Å². The van der Waals surface area contributed by atoms with Gasteiger partial charge in [-0.25, -0.2) is 13.6 Å². The van der Waals surface area contributed by atoms with E-state index in [2.05, 4.69) is 10.2 Å². The Bertz CT molecular complexity index is 632. The zero-order chi connectivity index (χ0) is 15.8. The van der Waals surface area contributed by atoms with Gasteiger partial charge in [0.2, 0.25) is 10.0 Å². The molecule has 2 heterocycles. The largest absolute Gasteiger partial charge is 0.379 e. The normalized spacial score (nSPS) is 19.2. The number of carbonyl (C=O) groups excluding carboxylic acids is 1. The van der Waals surface area contributed by atoms with Crippen LogP contribution in [0.3, 0.4) is 0 Å². The van der Waals surface area contributed by atoms with Crippen molar-refractivity contribution in [3.05, 3.63) is 11.4 Å². The van der Waals surface area contributed by atoms with Crippen molar-refractivity contribution in [3.8, 4) is 0 Å². The molecular formula is C12H20N4O4S. The van der Waals surface area contributed by atoms with Gasteiger partial charge in [0, 0.05) is 13.7 Å². The van der Waals surface area contributed by atoms with Crippen molar-refractivity contribution in [1.82, 2.24) is 15.1 Å². The molecule has 0 aromatic carbocycles. The first-order chi connectivity index (χ1) is 9.73. The summed E-state index contributed by atoms with van der Waals surface area (Å²) in [6, 6.07) is -0.0787. The number of H-pyrrole nitrogens is 1. The molecule has 1 aliphatic heterocycles. The zero-order valence-corrected chi connectivity index (χ0v) is 13.1. The van der Waals surface area contributed by atoms with Crippen molar-refractivity contribution in [2.24, 2.45) is 5.14 Å². The third kappa shape index (κ3) is 3.09. The Morgan fingerprint density at radius 2 is 2.19 bits per heavy atom. The van der Waals surface area contributed by atoms with Crippen LogP contribution in [0.15, 0.2) is 4.90 Å². The number of primary sulfonamides is 1. The number of aromatic amines is 1. The summed E-state index contributed by atoms with van der Waals surface area (Å²) in [7, 11) is -2.43. The third-order valence-electron chi connectivity index (χ3n) is 3.59. The van der Waals surface area contributed by atoms with Gasteiger partial charge in [-0.3, -0.25) is 9.89 Å². The molecule has 118 valence electrons. The molecule has 8 nitrogen and oxygen atoms in total. The van der Waals surface area contributed by atoms with E-state index in [0.29, 0.717) is 25.3 Å². The average molecular weight is 316 g/mol. The molecule has 2 rings (SSSR count). The Morgan fingerprint density at radius 1 is 1.52 bits per heavy atom. The molecule has 0 bridgehead atoms. The van der Waals surface area contributed by atoms with Gasteiger partial charge in [-0.05, 0) is 12.3 Å². The standard InChI is InChI=1S/C12H20N4O4S/c1-7(2)9-11(21(13,18)19)10(15-14-9)12(17)16(3)8-4-5-20-6-8/h7-8H,4-6H2,1-3H3,(H,14,15)(H2,13,18,19). The quantitative estimate of drug-likeness (QED) is 0.813. The van der Waals surface area contributed by atoms with Crippen molar-refractivity contribution in [1.29, 1.82) is 0 Å². The molecule has 1 aromatic rings. The first-order valence-corrected chi connectivity index (χ1v) is 8.24. The van der Waals surface area contributed by atoms with E-state index in [-0.39, 0.29) is 22.5 Å². The average Bonchev–Trinajstić information content (AvgIpc) is 3.04. The van der Waals surface area contributed by atoms with Crippen molar-refractivity contribution < 1.29 is 17.9 Å². The Morgan fingerprint density at radius 3 is 2.67 bits per heavy atom. The number of ether oxygens (including phenoxy) is 1. The number of hydrogen-bond donors (Lipinski definition) is 2. The van der Waals surface area contributed by atoms with Crippen LogP contribution >= 0.6 is 0 Å². The minimum Gasteiger partial charge on any atom is -0.379 e. The maximum absolute atomic E-state index is 12.5.